The fourth-order valence-corrected chi connectivity index (χ4v) is 5.10. The molecule has 3 aromatic rings. The number of ether oxygens (including phenoxy) is 2. The van der Waals surface area contributed by atoms with E-state index in [1.54, 1.807) is 0 Å². The number of nitrogens with zero attached hydrogens (tertiary/aromatic N) is 1. The second kappa shape index (κ2) is 9.57. The van der Waals surface area contributed by atoms with E-state index in [1.165, 1.54) is 43.3 Å². The zero-order valence-electron chi connectivity index (χ0n) is 20.7. The Morgan fingerprint density at radius 2 is 1.70 bits per heavy atom. The first-order valence-corrected chi connectivity index (χ1v) is 12.0. The largest absolute Gasteiger partial charge is 0.493 e. The molecule has 1 amide bonds. The van der Waals surface area contributed by atoms with Crippen molar-refractivity contribution in [2.75, 3.05) is 23.0 Å². The summed E-state index contributed by atoms with van der Waals surface area (Å²) in [6.07, 6.45) is -7.05. The van der Waals surface area contributed by atoms with Gasteiger partial charge in [0.15, 0.2) is 17.7 Å². The molecule has 40 heavy (non-hydrogen) atoms. The molecule has 5 rings (SSSR count). The molecular formula is C27H22F5N3O5. The van der Waals surface area contributed by atoms with E-state index < -0.39 is 64.9 Å². The number of anilines is 3. The quantitative estimate of drug-likeness (QED) is 0.291. The van der Waals surface area contributed by atoms with Crippen LogP contribution < -0.4 is 25.8 Å². The Morgan fingerprint density at radius 1 is 1.00 bits per heavy atom. The molecule has 8 nitrogen and oxygen atoms in total. The summed E-state index contributed by atoms with van der Waals surface area (Å²) in [4.78, 5) is 24.9. The number of carboxylic acid groups (broad SMARTS) is 1. The smallest absolute Gasteiger partial charge is 0.471 e. The molecule has 0 aliphatic carbocycles. The lowest BCUT2D eigenvalue weighted by atomic mass is 9.88. The molecule has 5 N–H and O–H groups in total. The van der Waals surface area contributed by atoms with Gasteiger partial charge >= 0.3 is 18.1 Å². The number of fused-ring (bicyclic) bond motifs is 2. The summed E-state index contributed by atoms with van der Waals surface area (Å²) in [6, 6.07) is 8.40. The van der Waals surface area contributed by atoms with Crippen molar-refractivity contribution in [3.63, 3.8) is 0 Å². The summed E-state index contributed by atoms with van der Waals surface area (Å²) in [6.45, 7) is 1.44. The highest BCUT2D eigenvalue weighted by molar-refractivity contribution is 5.99. The van der Waals surface area contributed by atoms with Gasteiger partial charge in [0.25, 0.3) is 0 Å². The Labute approximate surface area is 223 Å². The van der Waals surface area contributed by atoms with Crippen LogP contribution in [-0.4, -0.2) is 29.8 Å². The third kappa shape index (κ3) is 4.31. The van der Waals surface area contributed by atoms with Crippen molar-refractivity contribution in [3.8, 4) is 11.5 Å². The number of nitrogen functional groups attached to an aromatic ring is 2. The van der Waals surface area contributed by atoms with Crippen molar-refractivity contribution in [1.29, 1.82) is 0 Å². The number of carbonyl (C=O) groups is 2. The molecule has 0 fully saturated rings. The van der Waals surface area contributed by atoms with E-state index in [4.69, 9.17) is 20.9 Å². The highest BCUT2D eigenvalue weighted by atomic mass is 19.4. The number of para-hydroxylation sites is 1. The van der Waals surface area contributed by atoms with Crippen molar-refractivity contribution in [3.05, 3.63) is 76.9 Å². The van der Waals surface area contributed by atoms with Gasteiger partial charge in [-0.15, -0.1) is 0 Å². The number of benzene rings is 3. The number of hydrogen-bond acceptors (Lipinski definition) is 6. The molecule has 0 saturated carbocycles. The number of carboxylic acids is 1. The first kappa shape index (κ1) is 27.0. The van der Waals surface area contributed by atoms with Crippen LogP contribution in [-0.2, 0) is 9.59 Å². The van der Waals surface area contributed by atoms with Gasteiger partial charge < -0.3 is 26.0 Å². The number of halogens is 5. The number of alkyl halides is 3. The minimum atomic E-state index is -5.39. The normalized spacial score (nSPS) is 20.2. The van der Waals surface area contributed by atoms with Gasteiger partial charge in [-0.05, 0) is 18.2 Å². The molecule has 4 atom stereocenters. The number of rotatable bonds is 5. The minimum absolute atomic E-state index is 0.00326. The lowest BCUT2D eigenvalue weighted by Crippen LogP contribution is -2.45. The molecule has 2 aliphatic rings. The molecule has 0 saturated heterocycles. The number of carbonyl (C=O) groups excluding carboxylic acids is 1. The van der Waals surface area contributed by atoms with E-state index >= 15 is 4.39 Å². The van der Waals surface area contributed by atoms with Crippen LogP contribution in [0.2, 0.25) is 0 Å². The van der Waals surface area contributed by atoms with Crippen LogP contribution in [0.15, 0.2) is 48.5 Å². The highest BCUT2D eigenvalue weighted by Gasteiger charge is 2.52. The predicted octanol–water partition coefficient (Wildman–Crippen LogP) is 5.10. The molecule has 0 spiro atoms. The van der Waals surface area contributed by atoms with E-state index in [-0.39, 0.29) is 35.0 Å². The average molecular weight is 563 g/mol. The van der Waals surface area contributed by atoms with Crippen molar-refractivity contribution in [2.45, 2.75) is 31.2 Å². The molecule has 2 aliphatic heterocycles. The van der Waals surface area contributed by atoms with Crippen LogP contribution >= 0.6 is 0 Å². The Balaban J connectivity index is 1.69. The molecule has 2 heterocycles. The molecule has 210 valence electrons. The van der Waals surface area contributed by atoms with Gasteiger partial charge in [-0.25, -0.2) is 8.78 Å². The number of nitrogens with two attached hydrogens (primary N) is 2. The Hall–Kier alpha value is -4.55. The Bertz CT molecular complexity index is 1530. The van der Waals surface area contributed by atoms with Gasteiger partial charge in [-0.2, -0.15) is 13.2 Å². The van der Waals surface area contributed by atoms with Gasteiger partial charge in [0.1, 0.15) is 17.5 Å². The van der Waals surface area contributed by atoms with Gasteiger partial charge in [-0.3, -0.25) is 14.5 Å². The monoisotopic (exact) mass is 563 g/mol. The second-order valence-corrected chi connectivity index (χ2v) is 9.56. The van der Waals surface area contributed by atoms with Crippen LogP contribution in [0, 0.1) is 17.6 Å². The first-order valence-electron chi connectivity index (χ1n) is 12.0. The summed E-state index contributed by atoms with van der Waals surface area (Å²) >= 11 is 0. The minimum Gasteiger partial charge on any atom is -0.493 e. The fourth-order valence-electron chi connectivity index (χ4n) is 5.10. The van der Waals surface area contributed by atoms with Gasteiger partial charge in [0.05, 0.1) is 23.9 Å². The summed E-state index contributed by atoms with van der Waals surface area (Å²) in [5.74, 6) is -7.73. The van der Waals surface area contributed by atoms with Crippen molar-refractivity contribution >= 4 is 28.9 Å². The third-order valence-corrected chi connectivity index (χ3v) is 7.20. The topological polar surface area (TPSA) is 128 Å². The van der Waals surface area contributed by atoms with Crippen LogP contribution in [0.5, 0.6) is 11.5 Å². The molecule has 0 bridgehead atoms. The average Bonchev–Trinajstić information content (AvgIpc) is 3.49. The number of aliphatic carboxylic acids is 1. The Morgan fingerprint density at radius 3 is 2.38 bits per heavy atom. The molecule has 0 radical (unpaired) electrons. The standard InChI is InChI=1S/C27H22F5N3O5/c1-11(25(36)37)16-10-39-19-9-12(5-6-13(16)19)35(26(38)27(30,31)32)22-15-3-2-4-18(34)23(15)40-24(22)14-7-8-17(33)21(29)20(14)28/h2-9,11,16,22,24H,10,33-34H2,1H3,(H,36,37)/t11?,16-,22-,24?/m0/s1. The van der Waals surface area contributed by atoms with Crippen molar-refractivity contribution in [1.82, 2.24) is 0 Å². The molecule has 0 aromatic heterocycles. The maximum atomic E-state index is 15.1. The zero-order valence-corrected chi connectivity index (χ0v) is 20.7. The van der Waals surface area contributed by atoms with Gasteiger partial charge in [0, 0.05) is 34.4 Å². The number of amides is 1. The lowest BCUT2D eigenvalue weighted by Gasteiger charge is -2.33. The lowest BCUT2D eigenvalue weighted by molar-refractivity contribution is -0.171. The summed E-state index contributed by atoms with van der Waals surface area (Å²) in [7, 11) is 0. The SMILES string of the molecule is CC(C(=O)O)[C@@H]1COc2cc(N(C(=O)C(F)(F)F)[C@H]3c4cccc(N)c4OC3c3ccc(N)c(F)c3F)ccc21. The summed E-state index contributed by atoms with van der Waals surface area (Å²) < 4.78 is 83.1. The van der Waals surface area contributed by atoms with E-state index in [1.807, 2.05) is 0 Å². The zero-order chi connectivity index (χ0) is 29.1. The van der Waals surface area contributed by atoms with Gasteiger partial charge in [-0.1, -0.05) is 31.2 Å². The van der Waals surface area contributed by atoms with E-state index in [9.17, 15) is 32.3 Å². The molecule has 3 aromatic carbocycles. The first-order chi connectivity index (χ1) is 18.8. The summed E-state index contributed by atoms with van der Waals surface area (Å²) in [5, 5.41) is 9.41. The van der Waals surface area contributed by atoms with E-state index in [0.29, 0.717) is 10.5 Å². The van der Waals surface area contributed by atoms with Crippen molar-refractivity contribution in [2.24, 2.45) is 5.92 Å². The Kier molecular flexibility index (Phi) is 6.47. The third-order valence-electron chi connectivity index (χ3n) is 7.20. The summed E-state index contributed by atoms with van der Waals surface area (Å²) in [5.41, 5.74) is 10.6. The van der Waals surface area contributed by atoms with Gasteiger partial charge in [0.2, 0.25) is 0 Å². The fraction of sp³-hybridized carbons (Fsp3) is 0.259. The van der Waals surface area contributed by atoms with Crippen LogP contribution in [0.4, 0.5) is 39.0 Å². The predicted molar refractivity (Wildman–Crippen MR) is 133 cm³/mol. The maximum Gasteiger partial charge on any atom is 0.471 e. The van der Waals surface area contributed by atoms with Crippen LogP contribution in [0.25, 0.3) is 0 Å². The highest BCUT2D eigenvalue weighted by Crippen LogP contribution is 2.53. The second-order valence-electron chi connectivity index (χ2n) is 9.56. The van der Waals surface area contributed by atoms with E-state index in [0.717, 1.165) is 12.1 Å². The maximum absolute atomic E-state index is 15.1. The van der Waals surface area contributed by atoms with Crippen LogP contribution in [0.3, 0.4) is 0 Å². The molecule has 2 unspecified atom stereocenters. The number of hydrogen-bond donors (Lipinski definition) is 3. The van der Waals surface area contributed by atoms with Crippen molar-refractivity contribution < 1.29 is 46.1 Å². The van der Waals surface area contributed by atoms with E-state index in [2.05, 4.69) is 0 Å². The molecule has 13 heteroatoms. The molecular weight excluding hydrogens is 541 g/mol. The van der Waals surface area contributed by atoms with Crippen LogP contribution in [0.1, 0.15) is 41.7 Å².